The Morgan fingerprint density at radius 2 is 2.04 bits per heavy atom. The first-order valence-electron chi connectivity index (χ1n) is 8.46. The van der Waals surface area contributed by atoms with E-state index in [4.69, 9.17) is 4.74 Å². The molecule has 2 heterocycles. The molecule has 3 rings (SSSR count). The number of aryl methyl sites for hydroxylation is 2. The van der Waals surface area contributed by atoms with Crippen molar-refractivity contribution in [2.45, 2.75) is 32.9 Å². The fourth-order valence-electron chi connectivity index (χ4n) is 2.71. The summed E-state index contributed by atoms with van der Waals surface area (Å²) in [5.41, 5.74) is 2.83. The lowest BCUT2D eigenvalue weighted by Gasteiger charge is -2.13. The number of pyridine rings is 1. The fraction of sp³-hybridized carbons (Fsp3) is 0.316. The summed E-state index contributed by atoms with van der Waals surface area (Å²) < 4.78 is 7.37. The van der Waals surface area contributed by atoms with Gasteiger partial charge in [-0.3, -0.25) is 15.1 Å². The third-order valence-corrected chi connectivity index (χ3v) is 3.99. The first kappa shape index (κ1) is 17.1. The van der Waals surface area contributed by atoms with Gasteiger partial charge in [-0.15, -0.1) is 0 Å². The number of nitrogens with one attached hydrogen (secondary N) is 1. The van der Waals surface area contributed by atoms with Gasteiger partial charge in [0.1, 0.15) is 6.10 Å². The van der Waals surface area contributed by atoms with Crippen molar-refractivity contribution >= 4 is 22.9 Å². The molecular formula is C19H22N4O2. The molecule has 1 aromatic carbocycles. The van der Waals surface area contributed by atoms with E-state index >= 15 is 0 Å². The SMILES string of the molecule is CCOC(C)C(=O)Nc1nc2ccccc2n1CCc1ccccn1. The van der Waals surface area contributed by atoms with E-state index in [1.165, 1.54) is 0 Å². The monoisotopic (exact) mass is 338 g/mol. The van der Waals surface area contributed by atoms with Gasteiger partial charge in [-0.25, -0.2) is 4.98 Å². The predicted molar refractivity (Wildman–Crippen MR) is 97.4 cm³/mol. The van der Waals surface area contributed by atoms with Gasteiger partial charge in [0.2, 0.25) is 5.95 Å². The molecule has 1 atom stereocenters. The molecule has 1 N–H and O–H groups in total. The Balaban J connectivity index is 1.85. The molecule has 6 heteroatoms. The summed E-state index contributed by atoms with van der Waals surface area (Å²) in [5.74, 6) is 0.338. The van der Waals surface area contributed by atoms with Gasteiger partial charge in [-0.1, -0.05) is 18.2 Å². The van der Waals surface area contributed by atoms with Crippen molar-refractivity contribution in [1.82, 2.24) is 14.5 Å². The van der Waals surface area contributed by atoms with Crippen LogP contribution in [0.2, 0.25) is 0 Å². The molecule has 0 bridgehead atoms. The maximum absolute atomic E-state index is 12.3. The van der Waals surface area contributed by atoms with Gasteiger partial charge in [-0.05, 0) is 38.1 Å². The van der Waals surface area contributed by atoms with E-state index in [1.54, 1.807) is 13.1 Å². The molecule has 3 aromatic rings. The average Bonchev–Trinajstić information content (AvgIpc) is 2.98. The predicted octanol–water partition coefficient (Wildman–Crippen LogP) is 3.04. The van der Waals surface area contributed by atoms with Crippen LogP contribution >= 0.6 is 0 Å². The third-order valence-electron chi connectivity index (χ3n) is 3.99. The highest BCUT2D eigenvalue weighted by atomic mass is 16.5. The molecule has 0 fully saturated rings. The Kier molecular flexibility index (Phi) is 5.40. The van der Waals surface area contributed by atoms with Crippen LogP contribution < -0.4 is 5.32 Å². The van der Waals surface area contributed by atoms with E-state index in [2.05, 4.69) is 15.3 Å². The summed E-state index contributed by atoms with van der Waals surface area (Å²) >= 11 is 0. The first-order valence-corrected chi connectivity index (χ1v) is 8.46. The minimum Gasteiger partial charge on any atom is -0.369 e. The number of carbonyl (C=O) groups excluding carboxylic acids is 1. The normalized spacial score (nSPS) is 12.2. The van der Waals surface area contributed by atoms with E-state index in [-0.39, 0.29) is 5.91 Å². The number of imidazole rings is 1. The van der Waals surface area contributed by atoms with Crippen LogP contribution in [0.1, 0.15) is 19.5 Å². The molecule has 0 aliphatic heterocycles. The lowest BCUT2D eigenvalue weighted by Crippen LogP contribution is -2.29. The molecule has 0 radical (unpaired) electrons. The second kappa shape index (κ2) is 7.90. The lowest BCUT2D eigenvalue weighted by molar-refractivity contribution is -0.126. The van der Waals surface area contributed by atoms with E-state index in [1.807, 2.05) is 54.0 Å². The molecule has 0 aliphatic rings. The molecule has 130 valence electrons. The van der Waals surface area contributed by atoms with Gasteiger partial charge < -0.3 is 9.30 Å². The van der Waals surface area contributed by atoms with Crippen LogP contribution in [-0.4, -0.2) is 33.2 Å². The molecule has 1 amide bonds. The molecule has 2 aromatic heterocycles. The number of rotatable bonds is 7. The van der Waals surface area contributed by atoms with E-state index in [0.717, 1.165) is 23.1 Å². The molecule has 0 aliphatic carbocycles. The van der Waals surface area contributed by atoms with Crippen molar-refractivity contribution in [2.75, 3.05) is 11.9 Å². The van der Waals surface area contributed by atoms with Crippen molar-refractivity contribution in [3.63, 3.8) is 0 Å². The smallest absolute Gasteiger partial charge is 0.255 e. The first-order chi connectivity index (χ1) is 12.2. The molecule has 6 nitrogen and oxygen atoms in total. The van der Waals surface area contributed by atoms with Gasteiger partial charge >= 0.3 is 0 Å². The van der Waals surface area contributed by atoms with E-state index < -0.39 is 6.10 Å². The van der Waals surface area contributed by atoms with Crippen LogP contribution in [0.4, 0.5) is 5.95 Å². The lowest BCUT2D eigenvalue weighted by atomic mass is 10.2. The summed E-state index contributed by atoms with van der Waals surface area (Å²) in [5, 5.41) is 2.89. The van der Waals surface area contributed by atoms with Gasteiger partial charge in [0.15, 0.2) is 0 Å². The minimum atomic E-state index is -0.519. The van der Waals surface area contributed by atoms with Crippen LogP contribution in [0.3, 0.4) is 0 Å². The van der Waals surface area contributed by atoms with Crippen molar-refractivity contribution in [3.8, 4) is 0 Å². The molecule has 0 saturated carbocycles. The maximum Gasteiger partial charge on any atom is 0.255 e. The quantitative estimate of drug-likeness (QED) is 0.719. The van der Waals surface area contributed by atoms with Crippen LogP contribution in [0.25, 0.3) is 11.0 Å². The highest BCUT2D eigenvalue weighted by Gasteiger charge is 2.17. The molecule has 0 spiro atoms. The Labute approximate surface area is 146 Å². The topological polar surface area (TPSA) is 69.0 Å². The molecular weight excluding hydrogens is 316 g/mol. The number of anilines is 1. The van der Waals surface area contributed by atoms with Crippen molar-refractivity contribution in [1.29, 1.82) is 0 Å². The Bertz CT molecular complexity index is 845. The fourth-order valence-corrected chi connectivity index (χ4v) is 2.71. The second-order valence-corrected chi connectivity index (χ2v) is 5.73. The Morgan fingerprint density at radius 3 is 2.80 bits per heavy atom. The zero-order valence-corrected chi connectivity index (χ0v) is 14.5. The zero-order chi connectivity index (χ0) is 17.6. The van der Waals surface area contributed by atoms with Crippen molar-refractivity contribution < 1.29 is 9.53 Å². The van der Waals surface area contributed by atoms with Crippen molar-refractivity contribution in [2.24, 2.45) is 0 Å². The number of carbonyl (C=O) groups is 1. The summed E-state index contributed by atoms with van der Waals surface area (Å²) in [6.45, 7) is 4.77. The number of benzene rings is 1. The summed E-state index contributed by atoms with van der Waals surface area (Å²) in [7, 11) is 0. The van der Waals surface area contributed by atoms with E-state index in [9.17, 15) is 4.79 Å². The number of aromatic nitrogens is 3. The van der Waals surface area contributed by atoms with Gasteiger partial charge in [-0.2, -0.15) is 0 Å². The molecule has 25 heavy (non-hydrogen) atoms. The minimum absolute atomic E-state index is 0.198. The van der Waals surface area contributed by atoms with Crippen LogP contribution in [-0.2, 0) is 22.5 Å². The number of hydrogen-bond donors (Lipinski definition) is 1. The summed E-state index contributed by atoms with van der Waals surface area (Å²) in [4.78, 5) is 21.2. The highest BCUT2D eigenvalue weighted by molar-refractivity contribution is 5.94. The second-order valence-electron chi connectivity index (χ2n) is 5.73. The summed E-state index contributed by atoms with van der Waals surface area (Å²) in [6, 6.07) is 13.7. The number of fused-ring (bicyclic) bond motifs is 1. The highest BCUT2D eigenvalue weighted by Crippen LogP contribution is 2.20. The Morgan fingerprint density at radius 1 is 1.24 bits per heavy atom. The zero-order valence-electron chi connectivity index (χ0n) is 14.5. The standard InChI is InChI=1S/C19H22N4O2/c1-3-25-14(2)18(24)22-19-21-16-9-4-5-10-17(16)23(19)13-11-15-8-6-7-12-20-15/h4-10,12,14H,3,11,13H2,1-2H3,(H,21,22,24). The number of amides is 1. The molecule has 1 unspecified atom stereocenters. The number of para-hydroxylation sites is 2. The Hall–Kier alpha value is -2.73. The van der Waals surface area contributed by atoms with Crippen LogP contribution in [0.15, 0.2) is 48.7 Å². The summed E-state index contributed by atoms with van der Waals surface area (Å²) in [6.07, 6.45) is 2.02. The van der Waals surface area contributed by atoms with E-state index in [0.29, 0.717) is 19.1 Å². The maximum atomic E-state index is 12.3. The van der Waals surface area contributed by atoms with Crippen LogP contribution in [0, 0.1) is 0 Å². The largest absolute Gasteiger partial charge is 0.369 e. The third kappa shape index (κ3) is 4.03. The number of ether oxygens (including phenoxy) is 1. The number of hydrogen-bond acceptors (Lipinski definition) is 4. The van der Waals surface area contributed by atoms with Gasteiger partial charge in [0.05, 0.1) is 11.0 Å². The van der Waals surface area contributed by atoms with Crippen molar-refractivity contribution in [3.05, 3.63) is 54.4 Å². The average molecular weight is 338 g/mol. The van der Waals surface area contributed by atoms with Crippen LogP contribution in [0.5, 0.6) is 0 Å². The number of nitrogens with zero attached hydrogens (tertiary/aromatic N) is 3. The van der Waals surface area contributed by atoms with Gasteiger partial charge in [0, 0.05) is 31.5 Å². The van der Waals surface area contributed by atoms with Gasteiger partial charge in [0.25, 0.3) is 5.91 Å². The molecule has 0 saturated heterocycles.